The SMILES string of the molecule is CC(C)c1cccc(C(C)C)c1OS(=O)(=O)C(F)(F)C(F)(F)C(C)(F)F.CC(F)C(=O)OCC12CC3CC(CC(C3)C1)C2.Cc1c(F)c(F)c(Oc2ccc(S(C)(=O)=O)cc2)c(F)c1F.Cc1cc([S+](c2cc(C(F)(F)F)cc(C(F)(F)F)c2)c2c(C)cc(C)cc2C)cc(C(F)(F)F)c1.Fc1ccc([I+]c2ccc(F)cc2)cc1.Fc1ccc([S+](c2ccc(F)cc2)c2ccc(F)cc2)cc1. The number of aryl methyl sites for hydroxylation is 4. The molecule has 137 heavy (non-hydrogen) atoms. The fraction of sp³-hybridized carbons (Fsp3) is 0.323. The van der Waals surface area contributed by atoms with Gasteiger partial charge < -0.3 is 13.7 Å². The van der Waals surface area contributed by atoms with Crippen molar-refractivity contribution >= 4 is 47.7 Å². The maximum Gasteiger partial charge on any atom is 0.449 e. The number of carbonyl (C=O) groups excluding carboxylic acids is 1. The molecule has 4 aliphatic carbocycles. The smallest absolute Gasteiger partial charge is 0.449 e. The van der Waals surface area contributed by atoms with Crippen molar-refractivity contribution in [2.45, 2.75) is 203 Å². The average molecular weight is 2140 g/mol. The van der Waals surface area contributed by atoms with E-state index in [1.54, 1.807) is 121 Å². The molecule has 38 heteroatoms. The van der Waals surface area contributed by atoms with E-state index >= 15 is 0 Å². The van der Waals surface area contributed by atoms with Crippen LogP contribution in [0, 0.1) is 117 Å². The zero-order chi connectivity index (χ0) is 102. The zero-order valence-corrected chi connectivity index (χ0v) is 80.3. The number of hydrogen-bond acceptors (Lipinski definition) is 8. The van der Waals surface area contributed by atoms with Gasteiger partial charge in [0.25, 0.3) is 0 Å². The number of hydrogen-bond donors (Lipinski definition) is 0. The highest BCUT2D eigenvalue weighted by molar-refractivity contribution is 7.97. The van der Waals surface area contributed by atoms with Gasteiger partial charge in [0, 0.05) is 53.5 Å². The van der Waals surface area contributed by atoms with E-state index in [0.717, 1.165) is 94.7 Å². The summed E-state index contributed by atoms with van der Waals surface area (Å²) < 4.78 is 397. The van der Waals surface area contributed by atoms with Gasteiger partial charge in [0.1, 0.15) is 40.6 Å². The Morgan fingerprint density at radius 1 is 0.438 bits per heavy atom. The second kappa shape index (κ2) is 44.7. The van der Waals surface area contributed by atoms with E-state index in [1.165, 1.54) is 137 Å². The van der Waals surface area contributed by atoms with E-state index in [-0.39, 0.29) is 98.9 Å². The Balaban J connectivity index is 0.000000188. The van der Waals surface area contributed by atoms with Crippen molar-refractivity contribution in [3.8, 4) is 17.2 Å². The predicted octanol–water partition coefficient (Wildman–Crippen LogP) is 26.7. The summed E-state index contributed by atoms with van der Waals surface area (Å²) in [5.41, 5.74) is -2.25. The van der Waals surface area contributed by atoms with Crippen LogP contribution in [0.3, 0.4) is 0 Å². The number of halogens is 26. The molecule has 4 aliphatic rings. The molecule has 738 valence electrons. The third-order valence-corrected chi connectivity index (χ3v) is 31.6. The Kier molecular flexibility index (Phi) is 36.1. The second-order valence-corrected chi connectivity index (χ2v) is 44.4. The normalized spacial score (nSPS) is 16.5. The molecule has 0 aliphatic heterocycles. The summed E-state index contributed by atoms with van der Waals surface area (Å²) in [4.78, 5) is 13.8. The van der Waals surface area contributed by atoms with Crippen LogP contribution >= 0.6 is 0 Å². The summed E-state index contributed by atoms with van der Waals surface area (Å²) >= 11 is -0.330. The van der Waals surface area contributed by atoms with Crippen molar-refractivity contribution in [1.82, 2.24) is 0 Å². The van der Waals surface area contributed by atoms with E-state index < -0.39 is 165 Å². The Morgan fingerprint density at radius 2 is 0.788 bits per heavy atom. The highest BCUT2D eigenvalue weighted by Gasteiger charge is 2.77. The maximum absolute atomic E-state index is 13.9. The summed E-state index contributed by atoms with van der Waals surface area (Å²) in [5, 5.41) is -6.14. The van der Waals surface area contributed by atoms with Gasteiger partial charge in [-0.3, -0.25) is 0 Å². The second-order valence-electron chi connectivity index (χ2n) is 33.7. The molecule has 0 radical (unpaired) electrons. The van der Waals surface area contributed by atoms with Crippen molar-refractivity contribution in [3.63, 3.8) is 0 Å². The monoisotopic (exact) mass is 2140 g/mol. The first-order valence-electron chi connectivity index (χ1n) is 41.7. The van der Waals surface area contributed by atoms with Crippen molar-refractivity contribution in [1.29, 1.82) is 0 Å². The van der Waals surface area contributed by atoms with Crippen LogP contribution in [0.4, 0.5) is 110 Å². The Morgan fingerprint density at radius 3 is 1.13 bits per heavy atom. The molecule has 0 amide bonds. The van der Waals surface area contributed by atoms with Crippen molar-refractivity contribution in [2.24, 2.45) is 23.2 Å². The molecule has 0 spiro atoms. The van der Waals surface area contributed by atoms with Gasteiger partial charge in [0.15, 0.2) is 64.2 Å². The molecule has 0 saturated heterocycles. The molecule has 15 rings (SSSR count). The zero-order valence-electron chi connectivity index (χ0n) is 74.8. The number of rotatable bonds is 21. The van der Waals surface area contributed by atoms with Gasteiger partial charge in [-0.2, -0.15) is 83.1 Å². The van der Waals surface area contributed by atoms with Crippen LogP contribution in [0.2, 0.25) is 0 Å². The largest absolute Gasteiger partial charge is 0.463 e. The van der Waals surface area contributed by atoms with E-state index in [9.17, 15) is 131 Å². The molecule has 0 aromatic heterocycles. The van der Waals surface area contributed by atoms with E-state index in [4.69, 9.17) is 9.47 Å². The Labute approximate surface area is 792 Å². The van der Waals surface area contributed by atoms with E-state index in [1.807, 2.05) is 0 Å². The third-order valence-electron chi connectivity index (χ3n) is 21.9. The topological polar surface area (TPSA) is 113 Å². The fourth-order valence-electron chi connectivity index (χ4n) is 15.8. The van der Waals surface area contributed by atoms with Crippen LogP contribution in [0.15, 0.2) is 247 Å². The van der Waals surface area contributed by atoms with Gasteiger partial charge in [-0.25, -0.2) is 48.3 Å². The van der Waals surface area contributed by atoms with E-state index in [0.29, 0.717) is 34.8 Å². The number of carbonyl (C=O) groups is 1. The number of ether oxygens (including phenoxy) is 2. The lowest BCUT2D eigenvalue weighted by Gasteiger charge is -2.56. The highest BCUT2D eigenvalue weighted by atomic mass is 127. The summed E-state index contributed by atoms with van der Waals surface area (Å²) in [6.45, 7) is 15.0. The minimum Gasteiger partial charge on any atom is -0.463 e. The molecule has 11 aromatic rings. The maximum atomic E-state index is 13.9. The number of benzene rings is 11. The van der Waals surface area contributed by atoms with Crippen molar-refractivity contribution in [3.05, 3.63) is 327 Å². The third kappa shape index (κ3) is 28.5. The quantitative estimate of drug-likeness (QED) is 0.0175. The van der Waals surface area contributed by atoms with Gasteiger partial charge in [0.2, 0.25) is 17.4 Å². The highest BCUT2D eigenvalue weighted by Crippen LogP contribution is 2.60. The number of alkyl halides is 16. The lowest BCUT2D eigenvalue weighted by Crippen LogP contribution is -3.61. The first kappa shape index (κ1) is 111. The molecule has 0 heterocycles. The first-order chi connectivity index (χ1) is 63.4. The molecule has 11 aromatic carbocycles. The van der Waals surface area contributed by atoms with Crippen molar-refractivity contribution in [2.75, 3.05) is 12.9 Å². The standard InChI is InChI=1S/C25H20F9S.C18H12F3S.C16H20F6O3S.C14H10F4O3S.C14H21FO2.C12H8F2I/c1-13-5-15(3)22(16(4)6-13)35(20-8-14(2)7-17(10-20)23(26,27)28)21-11-18(24(29,30)31)9-19(12-21)25(32,33)34;19-13-1-7-16(8-2-13)22(17-9-3-14(20)4-10-17)18-11-5-15(21)6-12-18;1-9(2)11-7-6-8-12(10(3)4)13(11)25-26(23,24)16(21,22)15(19,20)14(5,17)18;1-7-10(15)12(17)14(13(18)11(7)16)21-8-3-5-9(6-4-8)22(2,19)20;1-9(15)13(16)17-8-14-5-10-2-11(6-14)4-12(3-10)7-14;13-9-1-5-11(6-2-9)15-12-7-3-10(14)4-8-12/h5-12H,1-4H3;1-12H;6-10H,1-5H3;3-6H,1-2H3;9-12H,2-8H2,1H3;1-8H/q2*+1;;;;+1. The van der Waals surface area contributed by atoms with Gasteiger partial charge in [-0.15, -0.1) is 0 Å². The Hall–Kier alpha value is -9.93. The molecule has 0 N–H and O–H groups in total. The van der Waals surface area contributed by atoms with Crippen LogP contribution in [-0.2, 0) is 69.8 Å². The molecule has 4 saturated carbocycles. The summed E-state index contributed by atoms with van der Waals surface area (Å²) in [6, 6.07) is 47.9. The van der Waals surface area contributed by atoms with Crippen LogP contribution < -0.4 is 30.1 Å². The van der Waals surface area contributed by atoms with Crippen LogP contribution in [0.5, 0.6) is 17.2 Å². The van der Waals surface area contributed by atoms with Gasteiger partial charge in [0.05, 0.1) is 50.0 Å². The molecular weight excluding hydrogens is 2050 g/mol. The molecule has 2 atom stereocenters. The fourth-order valence-corrected chi connectivity index (χ4v) is 24.2. The number of para-hydroxylation sites is 1. The molecule has 8 nitrogen and oxygen atoms in total. The number of esters is 1. The van der Waals surface area contributed by atoms with Crippen LogP contribution in [-0.4, -0.2) is 58.9 Å². The molecule has 2 unspecified atom stereocenters. The molecule has 4 bridgehead atoms. The molecular formula is C99H91F25IO8S4+3. The van der Waals surface area contributed by atoms with E-state index in [2.05, 4.69) is 4.18 Å². The predicted molar refractivity (Wildman–Crippen MR) is 464 cm³/mol. The van der Waals surface area contributed by atoms with Gasteiger partial charge in [-0.1, -0.05) is 63.6 Å². The lowest BCUT2D eigenvalue weighted by molar-refractivity contribution is -0.597. The van der Waals surface area contributed by atoms with Gasteiger partial charge >= 0.3 is 72.9 Å². The van der Waals surface area contributed by atoms with Crippen molar-refractivity contribution < 1.29 is 166 Å². The minimum absolute atomic E-state index is 0.0112. The van der Waals surface area contributed by atoms with Gasteiger partial charge in [-0.05, 0) is 290 Å². The number of sulfone groups is 1. The summed E-state index contributed by atoms with van der Waals surface area (Å²) in [7, 11) is -12.1. The average Bonchev–Trinajstić information content (AvgIpc) is 0.745. The lowest BCUT2D eigenvalue weighted by atomic mass is 9.50. The minimum atomic E-state index is -6.43. The summed E-state index contributed by atoms with van der Waals surface area (Å²) in [5.74, 6) is -20.2. The summed E-state index contributed by atoms with van der Waals surface area (Å²) in [6.07, 6.45) is -7.69. The van der Waals surface area contributed by atoms with Crippen LogP contribution in [0.25, 0.3) is 0 Å². The Bertz CT molecular complexity index is 5960. The van der Waals surface area contributed by atoms with Crippen LogP contribution in [0.1, 0.15) is 148 Å². The molecule has 4 fully saturated rings. The first-order valence-corrected chi connectivity index (χ1v) is 49.6.